The van der Waals surface area contributed by atoms with Crippen molar-refractivity contribution in [2.75, 3.05) is 20.2 Å². The molecule has 0 amide bonds. The van der Waals surface area contributed by atoms with Crippen LogP contribution in [-0.2, 0) is 0 Å². The topological polar surface area (TPSA) is 38.5 Å². The van der Waals surface area contributed by atoms with Crippen molar-refractivity contribution in [1.29, 1.82) is 0 Å². The molecule has 0 aliphatic carbocycles. The van der Waals surface area contributed by atoms with E-state index in [1.807, 2.05) is 25.1 Å². The van der Waals surface area contributed by atoms with E-state index in [4.69, 9.17) is 22.7 Å². The van der Waals surface area contributed by atoms with Crippen LogP contribution in [0.25, 0.3) is 0 Å². The number of hydrogen-bond donors (Lipinski definition) is 1. The van der Waals surface area contributed by atoms with Crippen LogP contribution in [0.5, 0.6) is 5.75 Å². The number of benzene rings is 1. The number of rotatable bonds is 4. The number of nitrogens with two attached hydrogens (primary N) is 1. The Labute approximate surface area is 120 Å². The van der Waals surface area contributed by atoms with E-state index in [1.165, 1.54) is 19.3 Å². The van der Waals surface area contributed by atoms with Gasteiger partial charge in [-0.1, -0.05) is 30.3 Å². The van der Waals surface area contributed by atoms with Crippen molar-refractivity contribution in [1.82, 2.24) is 4.90 Å². The zero-order valence-corrected chi connectivity index (χ0v) is 12.5. The summed E-state index contributed by atoms with van der Waals surface area (Å²) in [6.45, 7) is 3.89. The number of hydrogen-bond acceptors (Lipinski definition) is 3. The smallest absolute Gasteiger partial charge is 0.129 e. The molecule has 1 unspecified atom stereocenters. The summed E-state index contributed by atoms with van der Waals surface area (Å²) in [6, 6.07) is 6.48. The Morgan fingerprint density at radius 1 is 1.47 bits per heavy atom. The first-order valence-corrected chi connectivity index (χ1v) is 7.22. The summed E-state index contributed by atoms with van der Waals surface area (Å²) >= 11 is 5.09. The van der Waals surface area contributed by atoms with Gasteiger partial charge in [0.15, 0.2) is 0 Å². The summed E-state index contributed by atoms with van der Waals surface area (Å²) in [5, 5.41) is 0. The minimum atomic E-state index is 0.399. The molecule has 1 fully saturated rings. The zero-order chi connectivity index (χ0) is 13.8. The normalized spacial score (nSPS) is 20.2. The van der Waals surface area contributed by atoms with Crippen molar-refractivity contribution >= 4 is 17.2 Å². The van der Waals surface area contributed by atoms with Crippen LogP contribution >= 0.6 is 12.2 Å². The van der Waals surface area contributed by atoms with E-state index in [9.17, 15) is 0 Å². The Morgan fingerprint density at radius 2 is 2.26 bits per heavy atom. The molecule has 2 rings (SSSR count). The van der Waals surface area contributed by atoms with Crippen molar-refractivity contribution in [2.24, 2.45) is 5.73 Å². The minimum absolute atomic E-state index is 0.399. The van der Waals surface area contributed by atoms with Crippen LogP contribution in [0.1, 0.15) is 30.4 Å². The van der Waals surface area contributed by atoms with Crippen LogP contribution in [-0.4, -0.2) is 36.1 Å². The second kappa shape index (κ2) is 6.35. The summed E-state index contributed by atoms with van der Waals surface area (Å²) in [7, 11) is 2.16. The molecular weight excluding hydrogens is 256 g/mol. The van der Waals surface area contributed by atoms with Crippen LogP contribution in [0.15, 0.2) is 18.2 Å². The molecule has 1 heterocycles. The van der Waals surface area contributed by atoms with Crippen molar-refractivity contribution in [3.63, 3.8) is 0 Å². The Kier molecular flexibility index (Phi) is 4.77. The third-order valence-electron chi connectivity index (χ3n) is 3.75. The fourth-order valence-corrected chi connectivity index (χ4v) is 2.66. The minimum Gasteiger partial charge on any atom is -0.491 e. The number of piperidine rings is 1. The van der Waals surface area contributed by atoms with Crippen molar-refractivity contribution in [2.45, 2.75) is 32.2 Å². The van der Waals surface area contributed by atoms with E-state index in [-0.39, 0.29) is 0 Å². The third-order valence-corrected chi connectivity index (χ3v) is 3.97. The Morgan fingerprint density at radius 3 is 2.95 bits per heavy atom. The lowest BCUT2D eigenvalue weighted by atomic mass is 10.0. The predicted molar refractivity (Wildman–Crippen MR) is 82.8 cm³/mol. The summed E-state index contributed by atoms with van der Waals surface area (Å²) in [5.74, 6) is 0.803. The fraction of sp³-hybridized carbons (Fsp3) is 0.533. The molecule has 0 spiro atoms. The molecule has 2 N–H and O–H groups in total. The Hall–Kier alpha value is -1.13. The average molecular weight is 278 g/mol. The van der Waals surface area contributed by atoms with E-state index in [2.05, 4.69) is 11.9 Å². The molecule has 0 saturated carbocycles. The van der Waals surface area contributed by atoms with Crippen LogP contribution < -0.4 is 10.5 Å². The van der Waals surface area contributed by atoms with E-state index < -0.39 is 0 Å². The van der Waals surface area contributed by atoms with Gasteiger partial charge in [-0.2, -0.15) is 0 Å². The lowest BCUT2D eigenvalue weighted by Gasteiger charge is -2.32. The molecule has 4 heteroatoms. The van der Waals surface area contributed by atoms with Gasteiger partial charge in [0.25, 0.3) is 0 Å². The summed E-state index contributed by atoms with van der Waals surface area (Å²) in [6.07, 6.45) is 3.77. The number of thiocarbonyl (C=S) groups is 1. The van der Waals surface area contributed by atoms with Gasteiger partial charge in [-0.05, 0) is 45.5 Å². The van der Waals surface area contributed by atoms with Gasteiger partial charge in [0.1, 0.15) is 17.3 Å². The van der Waals surface area contributed by atoms with Gasteiger partial charge in [-0.15, -0.1) is 0 Å². The van der Waals surface area contributed by atoms with Gasteiger partial charge in [0.05, 0.1) is 5.56 Å². The van der Waals surface area contributed by atoms with E-state index in [1.54, 1.807) is 0 Å². The lowest BCUT2D eigenvalue weighted by Crippen LogP contribution is -2.40. The maximum Gasteiger partial charge on any atom is 0.129 e. The zero-order valence-electron chi connectivity index (χ0n) is 11.7. The highest BCUT2D eigenvalue weighted by atomic mass is 32.1. The summed E-state index contributed by atoms with van der Waals surface area (Å²) in [5.41, 5.74) is 7.75. The van der Waals surface area contributed by atoms with Crippen molar-refractivity contribution < 1.29 is 4.74 Å². The van der Waals surface area contributed by atoms with E-state index in [0.29, 0.717) is 17.6 Å². The molecule has 0 radical (unpaired) electrons. The third kappa shape index (κ3) is 3.67. The fourth-order valence-electron chi connectivity index (χ4n) is 2.50. The second-order valence-electron chi connectivity index (χ2n) is 5.31. The van der Waals surface area contributed by atoms with Crippen molar-refractivity contribution in [3.05, 3.63) is 29.3 Å². The highest BCUT2D eigenvalue weighted by Crippen LogP contribution is 2.22. The molecule has 1 atom stereocenters. The van der Waals surface area contributed by atoms with E-state index >= 15 is 0 Å². The predicted octanol–water partition coefficient (Wildman–Crippen LogP) is 2.49. The Balaban J connectivity index is 2.04. The van der Waals surface area contributed by atoms with Gasteiger partial charge in [-0.25, -0.2) is 0 Å². The quantitative estimate of drug-likeness (QED) is 0.859. The van der Waals surface area contributed by atoms with Crippen molar-refractivity contribution in [3.8, 4) is 5.75 Å². The molecule has 0 bridgehead atoms. The van der Waals surface area contributed by atoms with E-state index in [0.717, 1.165) is 23.4 Å². The average Bonchev–Trinajstić information content (AvgIpc) is 2.38. The molecular formula is C15H22N2OS. The second-order valence-corrected chi connectivity index (χ2v) is 5.74. The van der Waals surface area contributed by atoms with Gasteiger partial charge >= 0.3 is 0 Å². The van der Waals surface area contributed by atoms with Crippen LogP contribution in [0.4, 0.5) is 0 Å². The van der Waals surface area contributed by atoms with Gasteiger partial charge < -0.3 is 15.4 Å². The number of nitrogens with zero attached hydrogens (tertiary/aromatic N) is 1. The highest BCUT2D eigenvalue weighted by molar-refractivity contribution is 7.80. The lowest BCUT2D eigenvalue weighted by molar-refractivity contribution is 0.125. The molecule has 1 aromatic rings. The van der Waals surface area contributed by atoms with Crippen LogP contribution in [0.3, 0.4) is 0 Å². The van der Waals surface area contributed by atoms with Crippen LogP contribution in [0, 0.1) is 6.92 Å². The number of aryl methyl sites for hydroxylation is 1. The number of likely N-dealkylation sites (tertiary alicyclic amines) is 1. The molecule has 1 aromatic carbocycles. The SMILES string of the molecule is Cc1ccc(OCC2CCCCN2C)c(C(N)=S)c1. The number of likely N-dealkylation sites (N-methyl/N-ethyl adjacent to an activating group) is 1. The molecule has 1 saturated heterocycles. The Bertz CT molecular complexity index is 461. The van der Waals surface area contributed by atoms with Gasteiger partial charge in [-0.3, -0.25) is 0 Å². The summed E-state index contributed by atoms with van der Waals surface area (Å²) < 4.78 is 5.95. The molecule has 3 nitrogen and oxygen atoms in total. The first kappa shape index (κ1) is 14.3. The first-order chi connectivity index (χ1) is 9.08. The molecule has 104 valence electrons. The molecule has 1 aliphatic heterocycles. The van der Waals surface area contributed by atoms with Crippen LogP contribution in [0.2, 0.25) is 0 Å². The monoisotopic (exact) mass is 278 g/mol. The molecule has 1 aliphatic rings. The van der Waals surface area contributed by atoms with Gasteiger partial charge in [0.2, 0.25) is 0 Å². The maximum absolute atomic E-state index is 5.95. The number of ether oxygens (including phenoxy) is 1. The molecule has 0 aromatic heterocycles. The van der Waals surface area contributed by atoms with Gasteiger partial charge in [0, 0.05) is 6.04 Å². The largest absolute Gasteiger partial charge is 0.491 e. The first-order valence-electron chi connectivity index (χ1n) is 6.81. The maximum atomic E-state index is 5.95. The standard InChI is InChI=1S/C15H22N2OS/c1-11-6-7-14(13(9-11)15(16)19)18-10-12-5-3-4-8-17(12)2/h6-7,9,12H,3-5,8,10H2,1-2H3,(H2,16,19). The highest BCUT2D eigenvalue weighted by Gasteiger charge is 2.20. The summed E-state index contributed by atoms with van der Waals surface area (Å²) in [4.78, 5) is 2.77. The molecule has 19 heavy (non-hydrogen) atoms.